The minimum absolute atomic E-state index is 0.173. The number of hydrogen-bond donors (Lipinski definition) is 2. The van der Waals surface area contributed by atoms with Crippen LogP contribution >= 0.6 is 0 Å². The van der Waals surface area contributed by atoms with E-state index < -0.39 is 0 Å². The minimum Gasteiger partial charge on any atom is -0.495 e. The van der Waals surface area contributed by atoms with Crippen LogP contribution in [-0.2, 0) is 0 Å². The van der Waals surface area contributed by atoms with Crippen LogP contribution in [0.4, 0.5) is 11.5 Å². The zero-order chi connectivity index (χ0) is 13.0. The van der Waals surface area contributed by atoms with Gasteiger partial charge in [-0.15, -0.1) is 0 Å². The molecule has 94 valence electrons. The number of pyridine rings is 1. The second-order valence-corrected chi connectivity index (χ2v) is 4.12. The fourth-order valence-corrected chi connectivity index (χ4v) is 1.68. The van der Waals surface area contributed by atoms with Crippen LogP contribution in [-0.4, -0.2) is 12.1 Å². The third-order valence-corrected chi connectivity index (χ3v) is 2.77. The fraction of sp³-hybridized carbons (Fsp3) is 0.214. The Labute approximate surface area is 107 Å². The lowest BCUT2D eigenvalue weighted by molar-refractivity contribution is 0.413. The number of benzene rings is 1. The van der Waals surface area contributed by atoms with Crippen LogP contribution in [0.5, 0.6) is 5.75 Å². The molecule has 1 aromatic carbocycles. The summed E-state index contributed by atoms with van der Waals surface area (Å²) in [5.74, 6) is 1.57. The molecule has 2 aromatic rings. The number of aromatic nitrogens is 1. The van der Waals surface area contributed by atoms with E-state index in [1.165, 1.54) is 5.56 Å². The van der Waals surface area contributed by atoms with Crippen LogP contribution in [0.3, 0.4) is 0 Å². The third-order valence-electron chi connectivity index (χ3n) is 2.77. The first-order valence-electron chi connectivity index (χ1n) is 5.81. The van der Waals surface area contributed by atoms with E-state index in [9.17, 15) is 0 Å². The number of hydrogen-bond acceptors (Lipinski definition) is 4. The van der Waals surface area contributed by atoms with Crippen molar-refractivity contribution in [1.29, 1.82) is 0 Å². The summed E-state index contributed by atoms with van der Waals surface area (Å²) in [6, 6.07) is 11.8. The Hall–Kier alpha value is -2.23. The number of anilines is 2. The summed E-state index contributed by atoms with van der Waals surface area (Å²) < 4.78 is 5.07. The molecule has 0 aliphatic carbocycles. The largest absolute Gasteiger partial charge is 0.495 e. The van der Waals surface area contributed by atoms with Gasteiger partial charge in [-0.05, 0) is 36.8 Å². The first-order valence-corrected chi connectivity index (χ1v) is 5.81. The molecule has 0 bridgehead atoms. The quantitative estimate of drug-likeness (QED) is 0.811. The zero-order valence-corrected chi connectivity index (χ0v) is 10.6. The van der Waals surface area contributed by atoms with Crippen LogP contribution in [0, 0.1) is 0 Å². The van der Waals surface area contributed by atoms with Crippen LogP contribution in [0.25, 0.3) is 0 Å². The Morgan fingerprint density at radius 2 is 1.89 bits per heavy atom. The van der Waals surface area contributed by atoms with Crippen molar-refractivity contribution in [3.8, 4) is 5.75 Å². The smallest absolute Gasteiger partial charge is 0.137 e. The van der Waals surface area contributed by atoms with Crippen molar-refractivity contribution in [3.05, 3.63) is 48.2 Å². The molecule has 0 saturated carbocycles. The van der Waals surface area contributed by atoms with Gasteiger partial charge in [-0.25, -0.2) is 4.98 Å². The first kappa shape index (κ1) is 12.2. The van der Waals surface area contributed by atoms with Gasteiger partial charge in [0, 0.05) is 11.7 Å². The molecule has 2 rings (SSSR count). The predicted octanol–water partition coefficient (Wildman–Crippen LogP) is 2.85. The van der Waals surface area contributed by atoms with E-state index in [2.05, 4.69) is 17.2 Å². The SMILES string of the molecule is COc1ccc(NC(C)c2ccc(N)cc2)nc1. The summed E-state index contributed by atoms with van der Waals surface area (Å²) in [5.41, 5.74) is 7.60. The molecule has 1 atom stereocenters. The van der Waals surface area contributed by atoms with E-state index in [4.69, 9.17) is 10.5 Å². The number of rotatable bonds is 4. The topological polar surface area (TPSA) is 60.2 Å². The third kappa shape index (κ3) is 2.91. The number of nitrogens with one attached hydrogen (secondary N) is 1. The van der Waals surface area contributed by atoms with E-state index >= 15 is 0 Å². The monoisotopic (exact) mass is 243 g/mol. The van der Waals surface area contributed by atoms with Gasteiger partial charge < -0.3 is 15.8 Å². The second-order valence-electron chi connectivity index (χ2n) is 4.12. The average molecular weight is 243 g/mol. The normalized spacial score (nSPS) is 11.9. The Bertz CT molecular complexity index is 493. The maximum absolute atomic E-state index is 5.66. The molecular formula is C14H17N3O. The summed E-state index contributed by atoms with van der Waals surface area (Å²) in [6.45, 7) is 2.08. The fourth-order valence-electron chi connectivity index (χ4n) is 1.68. The molecular weight excluding hydrogens is 226 g/mol. The van der Waals surface area contributed by atoms with Crippen LogP contribution in [0.1, 0.15) is 18.5 Å². The van der Waals surface area contributed by atoms with E-state index in [0.717, 1.165) is 17.3 Å². The van der Waals surface area contributed by atoms with Crippen molar-refractivity contribution >= 4 is 11.5 Å². The molecule has 0 saturated heterocycles. The molecule has 1 aromatic heterocycles. The number of nitrogens with two attached hydrogens (primary N) is 1. The molecule has 4 heteroatoms. The lowest BCUT2D eigenvalue weighted by Gasteiger charge is -2.15. The van der Waals surface area contributed by atoms with Crippen LogP contribution < -0.4 is 15.8 Å². The number of nitrogens with zero attached hydrogens (tertiary/aromatic N) is 1. The molecule has 1 unspecified atom stereocenters. The molecule has 3 N–H and O–H groups in total. The highest BCUT2D eigenvalue weighted by molar-refractivity contribution is 5.44. The van der Waals surface area contributed by atoms with Crippen LogP contribution in [0.2, 0.25) is 0 Å². The molecule has 4 nitrogen and oxygen atoms in total. The lowest BCUT2D eigenvalue weighted by atomic mass is 10.1. The average Bonchev–Trinajstić information content (AvgIpc) is 2.40. The van der Waals surface area contributed by atoms with Gasteiger partial charge in [0.15, 0.2) is 0 Å². The van der Waals surface area contributed by atoms with Gasteiger partial charge in [0.1, 0.15) is 11.6 Å². The van der Waals surface area contributed by atoms with E-state index in [1.807, 2.05) is 36.4 Å². The zero-order valence-electron chi connectivity index (χ0n) is 10.6. The van der Waals surface area contributed by atoms with Crippen molar-refractivity contribution in [3.63, 3.8) is 0 Å². The molecule has 0 aliphatic heterocycles. The standard InChI is InChI=1S/C14H17N3O/c1-10(11-3-5-12(15)6-4-11)17-14-8-7-13(18-2)9-16-14/h3-10H,15H2,1-2H3,(H,16,17). The van der Waals surface area contributed by atoms with Crippen molar-refractivity contribution in [2.24, 2.45) is 0 Å². The highest BCUT2D eigenvalue weighted by Gasteiger charge is 2.05. The maximum atomic E-state index is 5.66. The molecule has 0 aliphatic rings. The molecule has 0 fully saturated rings. The number of nitrogen functional groups attached to an aromatic ring is 1. The summed E-state index contributed by atoms with van der Waals surface area (Å²) >= 11 is 0. The van der Waals surface area contributed by atoms with Crippen LogP contribution in [0.15, 0.2) is 42.6 Å². The summed E-state index contributed by atoms with van der Waals surface area (Å²) in [4.78, 5) is 4.27. The Kier molecular flexibility index (Phi) is 3.67. The highest BCUT2D eigenvalue weighted by atomic mass is 16.5. The van der Waals surface area contributed by atoms with E-state index in [-0.39, 0.29) is 6.04 Å². The minimum atomic E-state index is 0.173. The van der Waals surface area contributed by atoms with Gasteiger partial charge in [-0.3, -0.25) is 0 Å². The van der Waals surface area contributed by atoms with Crippen molar-refractivity contribution in [2.45, 2.75) is 13.0 Å². The highest BCUT2D eigenvalue weighted by Crippen LogP contribution is 2.20. The van der Waals surface area contributed by atoms with E-state index in [0.29, 0.717) is 0 Å². The molecule has 0 radical (unpaired) electrons. The molecule has 0 spiro atoms. The van der Waals surface area contributed by atoms with Gasteiger partial charge in [0.2, 0.25) is 0 Å². The van der Waals surface area contributed by atoms with E-state index in [1.54, 1.807) is 13.3 Å². The number of ether oxygens (including phenoxy) is 1. The molecule has 1 heterocycles. The van der Waals surface area contributed by atoms with Crippen molar-refractivity contribution in [1.82, 2.24) is 4.98 Å². The van der Waals surface area contributed by atoms with Gasteiger partial charge in [-0.2, -0.15) is 0 Å². The second kappa shape index (κ2) is 5.40. The Morgan fingerprint density at radius 1 is 1.17 bits per heavy atom. The van der Waals surface area contributed by atoms with Gasteiger partial charge in [0.25, 0.3) is 0 Å². The van der Waals surface area contributed by atoms with Crippen molar-refractivity contribution in [2.75, 3.05) is 18.2 Å². The Balaban J connectivity index is 2.05. The summed E-state index contributed by atoms with van der Waals surface area (Å²) in [7, 11) is 1.63. The van der Waals surface area contributed by atoms with Crippen molar-refractivity contribution < 1.29 is 4.74 Å². The van der Waals surface area contributed by atoms with Gasteiger partial charge in [-0.1, -0.05) is 12.1 Å². The molecule has 0 amide bonds. The maximum Gasteiger partial charge on any atom is 0.137 e. The summed E-state index contributed by atoms with van der Waals surface area (Å²) in [5, 5.41) is 3.32. The first-order chi connectivity index (χ1) is 8.69. The lowest BCUT2D eigenvalue weighted by Crippen LogP contribution is -2.07. The van der Waals surface area contributed by atoms with Gasteiger partial charge >= 0.3 is 0 Å². The Morgan fingerprint density at radius 3 is 2.44 bits per heavy atom. The summed E-state index contributed by atoms with van der Waals surface area (Å²) in [6.07, 6.45) is 1.69. The molecule has 18 heavy (non-hydrogen) atoms. The predicted molar refractivity (Wildman–Crippen MR) is 73.7 cm³/mol. The number of methoxy groups -OCH3 is 1. The van der Waals surface area contributed by atoms with Gasteiger partial charge in [0.05, 0.1) is 13.3 Å².